The molecule has 1 aromatic carbocycles. The zero-order chi connectivity index (χ0) is 13.0. The molecule has 3 heteroatoms. The molecule has 2 atom stereocenters. The molecular formula is C15H17BrN2. The Balaban J connectivity index is 2.08. The van der Waals surface area contributed by atoms with E-state index in [2.05, 4.69) is 64.3 Å². The van der Waals surface area contributed by atoms with E-state index in [9.17, 15) is 0 Å². The van der Waals surface area contributed by atoms with E-state index in [1.807, 2.05) is 18.3 Å². The van der Waals surface area contributed by atoms with Gasteiger partial charge in [0.1, 0.15) is 0 Å². The number of benzene rings is 1. The highest BCUT2D eigenvalue weighted by Gasteiger charge is 2.12. The fourth-order valence-electron chi connectivity index (χ4n) is 2.02. The van der Waals surface area contributed by atoms with Gasteiger partial charge in [-0.25, -0.2) is 0 Å². The van der Waals surface area contributed by atoms with Crippen molar-refractivity contribution in [1.29, 1.82) is 0 Å². The summed E-state index contributed by atoms with van der Waals surface area (Å²) in [7, 11) is 0. The Morgan fingerprint density at radius 2 is 1.83 bits per heavy atom. The fraction of sp³-hybridized carbons (Fsp3) is 0.267. The zero-order valence-corrected chi connectivity index (χ0v) is 12.2. The van der Waals surface area contributed by atoms with Crippen molar-refractivity contribution in [3.05, 3.63) is 64.4 Å². The van der Waals surface area contributed by atoms with Crippen LogP contribution in [-0.2, 0) is 0 Å². The number of aromatic nitrogens is 1. The van der Waals surface area contributed by atoms with E-state index < -0.39 is 0 Å². The van der Waals surface area contributed by atoms with Gasteiger partial charge in [0.05, 0.1) is 0 Å². The first-order chi connectivity index (χ1) is 8.68. The van der Waals surface area contributed by atoms with Crippen LogP contribution in [0.2, 0.25) is 0 Å². The van der Waals surface area contributed by atoms with Gasteiger partial charge in [-0.2, -0.15) is 0 Å². The molecule has 0 spiro atoms. The number of nitrogens with one attached hydrogen (secondary N) is 1. The summed E-state index contributed by atoms with van der Waals surface area (Å²) in [5, 5.41) is 3.58. The van der Waals surface area contributed by atoms with Gasteiger partial charge >= 0.3 is 0 Å². The average molecular weight is 305 g/mol. The highest BCUT2D eigenvalue weighted by molar-refractivity contribution is 9.10. The smallest absolute Gasteiger partial charge is 0.0315 e. The predicted octanol–water partition coefficient (Wildman–Crippen LogP) is 4.26. The van der Waals surface area contributed by atoms with Gasteiger partial charge in [-0.1, -0.05) is 40.2 Å². The van der Waals surface area contributed by atoms with Crippen molar-refractivity contribution in [3.63, 3.8) is 0 Å². The van der Waals surface area contributed by atoms with E-state index in [1.54, 1.807) is 6.20 Å². The third-order valence-electron chi connectivity index (χ3n) is 3.06. The van der Waals surface area contributed by atoms with Crippen LogP contribution in [0, 0.1) is 0 Å². The lowest BCUT2D eigenvalue weighted by Gasteiger charge is -2.21. The maximum absolute atomic E-state index is 4.15. The molecule has 2 nitrogen and oxygen atoms in total. The Morgan fingerprint density at radius 1 is 1.06 bits per heavy atom. The molecule has 0 fully saturated rings. The minimum atomic E-state index is 0.279. The molecule has 1 N–H and O–H groups in total. The number of rotatable bonds is 4. The first kappa shape index (κ1) is 13.2. The summed E-state index contributed by atoms with van der Waals surface area (Å²) in [6.07, 6.45) is 3.71. The van der Waals surface area contributed by atoms with Gasteiger partial charge in [-0.3, -0.25) is 4.98 Å². The molecule has 0 radical (unpaired) electrons. The fourth-order valence-corrected chi connectivity index (χ4v) is 2.65. The normalized spacial score (nSPS) is 14.2. The summed E-state index contributed by atoms with van der Waals surface area (Å²) < 4.78 is 1.14. The molecule has 94 valence electrons. The first-order valence-corrected chi connectivity index (χ1v) is 6.88. The molecule has 0 aliphatic carbocycles. The molecular weight excluding hydrogens is 288 g/mol. The second-order valence-corrected chi connectivity index (χ2v) is 5.27. The largest absolute Gasteiger partial charge is 0.304 e. The van der Waals surface area contributed by atoms with E-state index in [0.29, 0.717) is 0 Å². The quantitative estimate of drug-likeness (QED) is 0.913. The molecule has 0 aliphatic rings. The topological polar surface area (TPSA) is 24.9 Å². The molecule has 0 bridgehead atoms. The number of pyridine rings is 1. The third-order valence-corrected chi connectivity index (χ3v) is 3.78. The molecule has 0 saturated heterocycles. The lowest BCUT2D eigenvalue weighted by Crippen LogP contribution is -2.22. The van der Waals surface area contributed by atoms with Crippen molar-refractivity contribution in [1.82, 2.24) is 10.3 Å². The summed E-state index contributed by atoms with van der Waals surface area (Å²) in [5.74, 6) is 0. The van der Waals surface area contributed by atoms with Gasteiger partial charge in [0.2, 0.25) is 0 Å². The highest BCUT2D eigenvalue weighted by Crippen LogP contribution is 2.25. The minimum absolute atomic E-state index is 0.279. The van der Waals surface area contributed by atoms with Crippen LogP contribution in [0.4, 0.5) is 0 Å². The van der Waals surface area contributed by atoms with E-state index in [1.165, 1.54) is 11.1 Å². The SMILES string of the molecule is CC(NC(C)c1ccccc1Br)c1cccnc1. The standard InChI is InChI=1S/C15H17BrN2/c1-11(13-6-5-9-17-10-13)18-12(2)14-7-3-4-8-15(14)16/h3-12,18H,1-2H3. The van der Waals surface area contributed by atoms with E-state index >= 15 is 0 Å². The first-order valence-electron chi connectivity index (χ1n) is 6.09. The number of hydrogen-bond donors (Lipinski definition) is 1. The minimum Gasteiger partial charge on any atom is -0.304 e. The van der Waals surface area contributed by atoms with Crippen molar-refractivity contribution in [2.75, 3.05) is 0 Å². The van der Waals surface area contributed by atoms with Gasteiger partial charge < -0.3 is 5.32 Å². The second-order valence-electron chi connectivity index (χ2n) is 4.42. The Labute approximate surface area is 117 Å². The van der Waals surface area contributed by atoms with Crippen molar-refractivity contribution in [2.45, 2.75) is 25.9 Å². The summed E-state index contributed by atoms with van der Waals surface area (Å²) in [6, 6.07) is 12.9. The van der Waals surface area contributed by atoms with Crippen molar-refractivity contribution < 1.29 is 0 Å². The number of halogens is 1. The van der Waals surface area contributed by atoms with Crippen LogP contribution < -0.4 is 5.32 Å². The Morgan fingerprint density at radius 3 is 2.50 bits per heavy atom. The molecule has 1 heterocycles. The van der Waals surface area contributed by atoms with Crippen molar-refractivity contribution in [3.8, 4) is 0 Å². The molecule has 1 aromatic heterocycles. The summed E-state index contributed by atoms with van der Waals surface area (Å²) in [6.45, 7) is 4.33. The Hall–Kier alpha value is -1.19. The second kappa shape index (κ2) is 6.12. The van der Waals surface area contributed by atoms with Gasteiger partial charge in [-0.15, -0.1) is 0 Å². The van der Waals surface area contributed by atoms with Crippen LogP contribution in [-0.4, -0.2) is 4.98 Å². The van der Waals surface area contributed by atoms with Crippen LogP contribution in [0.15, 0.2) is 53.3 Å². The van der Waals surface area contributed by atoms with Crippen LogP contribution in [0.5, 0.6) is 0 Å². The van der Waals surface area contributed by atoms with Crippen LogP contribution in [0.1, 0.15) is 37.1 Å². The summed E-state index contributed by atoms with van der Waals surface area (Å²) in [5.41, 5.74) is 2.48. The molecule has 0 amide bonds. The van der Waals surface area contributed by atoms with Gasteiger partial charge in [0, 0.05) is 29.0 Å². The van der Waals surface area contributed by atoms with Gasteiger partial charge in [0.15, 0.2) is 0 Å². The highest BCUT2D eigenvalue weighted by atomic mass is 79.9. The maximum atomic E-state index is 4.15. The van der Waals surface area contributed by atoms with Crippen LogP contribution in [0.25, 0.3) is 0 Å². The lowest BCUT2D eigenvalue weighted by molar-refractivity contribution is 0.492. The van der Waals surface area contributed by atoms with Crippen LogP contribution >= 0.6 is 15.9 Å². The maximum Gasteiger partial charge on any atom is 0.0315 e. The number of hydrogen-bond acceptors (Lipinski definition) is 2. The molecule has 2 aromatic rings. The summed E-state index contributed by atoms with van der Waals surface area (Å²) in [4.78, 5) is 4.15. The van der Waals surface area contributed by atoms with Crippen molar-refractivity contribution in [2.24, 2.45) is 0 Å². The number of nitrogens with zero attached hydrogens (tertiary/aromatic N) is 1. The lowest BCUT2D eigenvalue weighted by atomic mass is 10.1. The van der Waals surface area contributed by atoms with E-state index in [0.717, 1.165) is 4.47 Å². The average Bonchev–Trinajstić information content (AvgIpc) is 2.40. The molecule has 0 saturated carbocycles. The summed E-state index contributed by atoms with van der Waals surface area (Å²) >= 11 is 3.59. The monoisotopic (exact) mass is 304 g/mol. The van der Waals surface area contributed by atoms with E-state index in [4.69, 9.17) is 0 Å². The predicted molar refractivity (Wildman–Crippen MR) is 78.3 cm³/mol. The Kier molecular flexibility index (Phi) is 4.50. The third kappa shape index (κ3) is 3.18. The molecule has 18 heavy (non-hydrogen) atoms. The van der Waals surface area contributed by atoms with Crippen LogP contribution in [0.3, 0.4) is 0 Å². The zero-order valence-electron chi connectivity index (χ0n) is 10.6. The van der Waals surface area contributed by atoms with Gasteiger partial charge in [-0.05, 0) is 37.1 Å². The van der Waals surface area contributed by atoms with E-state index in [-0.39, 0.29) is 12.1 Å². The molecule has 0 aliphatic heterocycles. The molecule has 2 rings (SSSR count). The van der Waals surface area contributed by atoms with Crippen molar-refractivity contribution >= 4 is 15.9 Å². The molecule has 2 unspecified atom stereocenters. The Bertz CT molecular complexity index is 499. The van der Waals surface area contributed by atoms with Gasteiger partial charge in [0.25, 0.3) is 0 Å².